The molecule has 0 saturated carbocycles. The molecule has 0 atom stereocenters. The maximum Gasteiger partial charge on any atom is 0.339 e. The van der Waals surface area contributed by atoms with E-state index in [2.05, 4.69) is 0 Å². The van der Waals surface area contributed by atoms with Crippen molar-refractivity contribution in [3.05, 3.63) is 35.3 Å². The Balaban J connectivity index is 3.28. The summed E-state index contributed by atoms with van der Waals surface area (Å²) in [6, 6.07) is -2.38. The molecule has 0 aliphatic rings. The van der Waals surface area contributed by atoms with Crippen molar-refractivity contribution in [2.75, 3.05) is 13.2 Å². The van der Waals surface area contributed by atoms with Gasteiger partial charge in [0.1, 0.15) is 0 Å². The molecule has 0 aromatic heterocycles. The topological polar surface area (TPSA) is 52.6 Å². The summed E-state index contributed by atoms with van der Waals surface area (Å²) in [5.74, 6) is -1.89. The van der Waals surface area contributed by atoms with Gasteiger partial charge in [0.05, 0.1) is 29.8 Å². The second kappa shape index (κ2) is 9.13. The van der Waals surface area contributed by atoms with Crippen molar-refractivity contribution in [2.24, 2.45) is 0 Å². The molecule has 0 spiro atoms. The molecular formula is C16H22O4. The fraction of sp³-hybridized carbons (Fsp3) is 0.500. The highest BCUT2D eigenvalue weighted by atomic mass is 16.5. The van der Waals surface area contributed by atoms with Crippen LogP contribution in [-0.2, 0) is 9.47 Å². The highest BCUT2D eigenvalue weighted by Crippen LogP contribution is 2.12. The standard InChI is InChI=1S/C16H22O4/c1-3-5-11-19-15(17)13-9-7-8-10-14(13)16(18)20-12-6-4-2/h7-10H,3-6,11-12H2,1-2H3/i7+1D,8+1D,9+1D,10+1D,13+1,14+1. The minimum Gasteiger partial charge on any atom is -0.462 e. The summed E-state index contributed by atoms with van der Waals surface area (Å²) in [7, 11) is 0. The van der Waals surface area contributed by atoms with Gasteiger partial charge in [-0.1, -0.05) is 38.8 Å². The van der Waals surface area contributed by atoms with Crippen molar-refractivity contribution in [3.63, 3.8) is 0 Å². The average Bonchev–Trinajstić information content (AvgIpc) is 2.56. The Morgan fingerprint density at radius 2 is 1.35 bits per heavy atom. The predicted molar refractivity (Wildman–Crippen MR) is 76.8 cm³/mol. The fourth-order valence-electron chi connectivity index (χ4n) is 1.38. The van der Waals surface area contributed by atoms with Crippen molar-refractivity contribution in [2.45, 2.75) is 39.5 Å². The van der Waals surface area contributed by atoms with Crippen molar-refractivity contribution >= 4 is 11.9 Å². The van der Waals surface area contributed by atoms with Crippen LogP contribution in [0.15, 0.2) is 24.2 Å². The van der Waals surface area contributed by atoms with Gasteiger partial charge in [-0.05, 0) is 24.9 Å². The largest absolute Gasteiger partial charge is 0.462 e. The quantitative estimate of drug-likeness (QED) is 0.542. The van der Waals surface area contributed by atoms with Gasteiger partial charge in [0.2, 0.25) is 0 Å². The van der Waals surface area contributed by atoms with E-state index in [1.165, 1.54) is 0 Å². The minimum absolute atomic E-state index is 0.113. The number of benzene rings is 1. The van der Waals surface area contributed by atoms with Crippen LogP contribution < -0.4 is 0 Å². The van der Waals surface area contributed by atoms with Crippen LogP contribution in [0.4, 0.5) is 0 Å². The van der Waals surface area contributed by atoms with Gasteiger partial charge in [-0.2, -0.15) is 0 Å². The maximum absolute atomic E-state index is 12.2. The first-order valence-corrected chi connectivity index (χ1v) is 6.81. The lowest BCUT2D eigenvalue weighted by Gasteiger charge is -2.09. The lowest BCUT2D eigenvalue weighted by Crippen LogP contribution is -2.14. The van der Waals surface area contributed by atoms with E-state index in [9.17, 15) is 9.59 Å². The van der Waals surface area contributed by atoms with E-state index in [1.807, 2.05) is 13.8 Å². The second-order valence-corrected chi connectivity index (χ2v) is 4.23. The van der Waals surface area contributed by atoms with Crippen LogP contribution in [-0.4, -0.2) is 25.2 Å². The lowest BCUT2D eigenvalue weighted by molar-refractivity contribution is 0.0452. The molecule has 0 bridgehead atoms. The molecule has 0 aliphatic heterocycles. The lowest BCUT2D eigenvalue weighted by atomic mass is 10.4. The van der Waals surface area contributed by atoms with Crippen LogP contribution >= 0.6 is 0 Å². The highest BCUT2D eigenvalue weighted by Gasteiger charge is 2.18. The number of unbranched alkanes of at least 4 members (excludes halogenated alkanes) is 2. The number of carbonyl (C=O) groups excluding carboxylic acids is 2. The highest BCUT2D eigenvalue weighted by molar-refractivity contribution is 6.03. The van der Waals surface area contributed by atoms with Gasteiger partial charge in [0.25, 0.3) is 0 Å². The van der Waals surface area contributed by atoms with Crippen LogP contribution in [0.2, 0.25) is 0 Å². The zero-order valence-electron chi connectivity index (χ0n) is 15.9. The number of esters is 2. The zero-order chi connectivity index (χ0) is 18.3. The third-order valence-corrected chi connectivity index (χ3v) is 2.56. The van der Waals surface area contributed by atoms with Gasteiger partial charge < -0.3 is 9.47 Å². The Morgan fingerprint density at radius 3 is 1.70 bits per heavy atom. The van der Waals surface area contributed by atoms with Crippen molar-refractivity contribution in [3.8, 4) is 0 Å². The van der Waals surface area contributed by atoms with Gasteiger partial charge in [-0.3, -0.25) is 0 Å². The van der Waals surface area contributed by atoms with E-state index >= 15 is 0 Å². The SMILES string of the molecule is [2H][13c]1[13c]([2H])[13c]([2H])[13c](C(=O)OCCCC)[13c](C(=O)OCCCC)[13c]1[2H]. The molecule has 0 N–H and O–H groups in total. The summed E-state index contributed by atoms with van der Waals surface area (Å²) < 4.78 is 41.2. The molecule has 0 aliphatic carbocycles. The van der Waals surface area contributed by atoms with Crippen molar-refractivity contribution < 1.29 is 24.5 Å². The molecule has 0 fully saturated rings. The van der Waals surface area contributed by atoms with Crippen molar-refractivity contribution in [1.82, 2.24) is 0 Å². The van der Waals surface area contributed by atoms with E-state index < -0.39 is 47.2 Å². The maximum atomic E-state index is 12.2. The molecule has 4 nitrogen and oxygen atoms in total. The summed E-state index contributed by atoms with van der Waals surface area (Å²) in [5.41, 5.74) is -0.947. The number of rotatable bonds is 8. The molecule has 0 saturated heterocycles. The van der Waals surface area contributed by atoms with Gasteiger partial charge in [0.15, 0.2) is 0 Å². The van der Waals surface area contributed by atoms with Crippen LogP contribution in [0, 0.1) is 0 Å². The molecule has 0 radical (unpaired) electrons. The second-order valence-electron chi connectivity index (χ2n) is 4.23. The monoisotopic (exact) mass is 288 g/mol. The number of hydrogen-bond donors (Lipinski definition) is 0. The van der Waals surface area contributed by atoms with E-state index in [0.29, 0.717) is 12.8 Å². The third-order valence-electron chi connectivity index (χ3n) is 2.56. The smallest absolute Gasteiger partial charge is 0.339 e. The van der Waals surface area contributed by atoms with Crippen LogP contribution in [0.3, 0.4) is 0 Å². The Bertz CT molecular complexity index is 564. The first-order valence-electron chi connectivity index (χ1n) is 8.81. The molecule has 0 amide bonds. The summed E-state index contributed by atoms with van der Waals surface area (Å²) in [6.45, 7) is 4.06. The Labute approximate surface area is 125 Å². The molecule has 20 heavy (non-hydrogen) atoms. The number of hydrogen-bond acceptors (Lipinski definition) is 4. The molecule has 4 heteroatoms. The molecule has 0 heterocycles. The summed E-state index contributed by atoms with van der Waals surface area (Å²) >= 11 is 0. The Morgan fingerprint density at radius 1 is 0.950 bits per heavy atom. The zero-order valence-corrected chi connectivity index (χ0v) is 11.9. The van der Waals surface area contributed by atoms with E-state index in [0.717, 1.165) is 12.8 Å². The van der Waals surface area contributed by atoms with E-state index in [-0.39, 0.29) is 13.2 Å². The van der Waals surface area contributed by atoms with Gasteiger partial charge in [-0.25, -0.2) is 9.59 Å². The third kappa shape index (κ3) is 5.03. The van der Waals surface area contributed by atoms with Crippen LogP contribution in [0.5, 0.6) is 0 Å². The van der Waals surface area contributed by atoms with Gasteiger partial charge >= 0.3 is 11.9 Å². The summed E-state index contributed by atoms with van der Waals surface area (Å²) in [4.78, 5) is 24.5. The van der Waals surface area contributed by atoms with Gasteiger partial charge in [-0.15, -0.1) is 0 Å². The van der Waals surface area contributed by atoms with Crippen LogP contribution in [0.25, 0.3) is 0 Å². The number of ether oxygens (including phenoxy) is 2. The van der Waals surface area contributed by atoms with Crippen molar-refractivity contribution in [1.29, 1.82) is 0 Å². The van der Waals surface area contributed by atoms with E-state index in [4.69, 9.17) is 15.0 Å². The minimum atomic E-state index is -0.946. The number of carbonyl (C=O) groups is 2. The molecule has 1 aromatic rings. The molecule has 1 aromatic carbocycles. The summed E-state index contributed by atoms with van der Waals surface area (Å²) in [5, 5.41) is 0. The fourth-order valence-corrected chi connectivity index (χ4v) is 1.38. The Hall–Kier alpha value is -1.84. The predicted octanol–water partition coefficient (Wildman–Crippen LogP) is 3.60. The van der Waals surface area contributed by atoms with Gasteiger partial charge in [0, 0.05) is 0 Å². The molecule has 0 unspecified atom stereocenters. The summed E-state index contributed by atoms with van der Waals surface area (Å²) in [6.07, 6.45) is 2.83. The first kappa shape index (κ1) is 10.9. The molecule has 1 rings (SSSR count). The van der Waals surface area contributed by atoms with E-state index in [1.54, 1.807) is 0 Å². The first-order chi connectivity index (χ1) is 11.4. The normalized spacial score (nSPS) is 12.9. The molecule has 110 valence electrons. The average molecular weight is 288 g/mol. The molecular weight excluding hydrogens is 262 g/mol. The Kier molecular flexibility index (Phi) is 4.97. The van der Waals surface area contributed by atoms with Crippen LogP contribution in [0.1, 0.15) is 65.7 Å².